The Hall–Kier alpha value is -2.52. The van der Waals surface area contributed by atoms with Crippen molar-refractivity contribution >= 4 is 22.5 Å². The Morgan fingerprint density at radius 2 is 1.82 bits per heavy atom. The molecule has 1 aromatic carbocycles. The molecule has 0 aliphatic rings. The van der Waals surface area contributed by atoms with Crippen LogP contribution < -0.4 is 10.7 Å². The zero-order valence-electron chi connectivity index (χ0n) is 10.4. The molecule has 0 fully saturated rings. The van der Waals surface area contributed by atoms with Gasteiger partial charge in [0.1, 0.15) is 0 Å². The van der Waals surface area contributed by atoms with Crippen LogP contribution in [0.4, 0.5) is 32.1 Å². The van der Waals surface area contributed by atoms with Crippen molar-refractivity contribution in [2.75, 3.05) is 5.12 Å². The molecule has 0 atom stereocenters. The lowest BCUT2D eigenvalue weighted by Crippen LogP contribution is -2.28. The second kappa shape index (κ2) is 5.35. The van der Waals surface area contributed by atoms with E-state index >= 15 is 0 Å². The van der Waals surface area contributed by atoms with Gasteiger partial charge in [0.2, 0.25) is 5.56 Å². The van der Waals surface area contributed by atoms with Crippen LogP contribution in [0.2, 0.25) is 0 Å². The zero-order chi connectivity index (χ0) is 16.7. The highest BCUT2D eigenvalue weighted by atomic mass is 19.4. The molecule has 118 valence electrons. The Bertz CT molecular complexity index is 783. The van der Waals surface area contributed by atoms with Gasteiger partial charge in [-0.2, -0.15) is 22.0 Å². The van der Waals surface area contributed by atoms with E-state index < -0.39 is 51.3 Å². The number of carbonyl (C=O) groups is 1. The Morgan fingerprint density at radius 1 is 1.18 bits per heavy atom. The van der Waals surface area contributed by atoms with Crippen LogP contribution in [0.1, 0.15) is 5.56 Å². The molecule has 1 aromatic heterocycles. The van der Waals surface area contributed by atoms with Gasteiger partial charge in [-0.1, -0.05) is 10.5 Å². The number of fused-ring (bicyclic) bond motifs is 1. The number of aromatic nitrogens is 1. The van der Waals surface area contributed by atoms with Crippen LogP contribution in [-0.4, -0.2) is 17.3 Å². The average Bonchev–Trinajstić information content (AvgIpc) is 2.42. The summed E-state index contributed by atoms with van der Waals surface area (Å²) < 4.78 is 76.1. The van der Waals surface area contributed by atoms with E-state index in [1.165, 1.54) is 0 Å². The fourth-order valence-electron chi connectivity index (χ4n) is 1.82. The van der Waals surface area contributed by atoms with Crippen molar-refractivity contribution in [1.82, 2.24) is 4.98 Å². The first-order valence-electron chi connectivity index (χ1n) is 5.63. The summed E-state index contributed by atoms with van der Waals surface area (Å²) in [6.45, 7) is 0. The fourth-order valence-corrected chi connectivity index (χ4v) is 1.82. The van der Waals surface area contributed by atoms with Gasteiger partial charge in [0, 0.05) is 11.5 Å². The van der Waals surface area contributed by atoms with Gasteiger partial charge in [-0.3, -0.25) is 9.59 Å². The number of H-pyrrole nitrogens is 1. The monoisotopic (exact) mass is 324 g/mol. The summed E-state index contributed by atoms with van der Waals surface area (Å²) in [5.74, 6) is -2.17. The number of hydrogen-bond acceptors (Lipinski definition) is 2. The third-order valence-corrected chi connectivity index (χ3v) is 2.74. The largest absolute Gasteiger partial charge is 0.417 e. The lowest BCUT2D eigenvalue weighted by molar-refractivity contribution is -0.136. The molecule has 4 nitrogen and oxygen atoms in total. The van der Waals surface area contributed by atoms with Crippen molar-refractivity contribution in [2.24, 2.45) is 0 Å². The van der Waals surface area contributed by atoms with E-state index in [4.69, 9.17) is 0 Å². The number of benzene rings is 1. The standard InChI is InChI=1S/C12H6F6N2O2/c13-10(14)11(22)20(18)5-1-2-6-7(12(15,16)17)4-9(21)19-8(6)3-5/h1-4,10H,(H,19,21). The molecule has 1 amide bonds. The number of hydrogen-bond donors (Lipinski definition) is 1. The highest BCUT2D eigenvalue weighted by Crippen LogP contribution is 2.34. The second-order valence-corrected chi connectivity index (χ2v) is 4.19. The number of nitrogens with one attached hydrogen (secondary N) is 1. The lowest BCUT2D eigenvalue weighted by atomic mass is 10.1. The van der Waals surface area contributed by atoms with Crippen molar-refractivity contribution in [3.8, 4) is 0 Å². The summed E-state index contributed by atoms with van der Waals surface area (Å²) in [6.07, 6.45) is -8.45. The number of halogens is 6. The Morgan fingerprint density at radius 3 is 2.36 bits per heavy atom. The number of aromatic amines is 1. The topological polar surface area (TPSA) is 53.2 Å². The van der Waals surface area contributed by atoms with E-state index in [0.29, 0.717) is 12.1 Å². The van der Waals surface area contributed by atoms with Gasteiger partial charge in [0.15, 0.2) is 0 Å². The number of amides is 1. The number of alkyl halides is 5. The van der Waals surface area contributed by atoms with Gasteiger partial charge >= 0.3 is 18.5 Å². The summed E-state index contributed by atoms with van der Waals surface area (Å²) in [7, 11) is 0. The molecule has 1 heterocycles. The lowest BCUT2D eigenvalue weighted by Gasteiger charge is -2.14. The Kier molecular flexibility index (Phi) is 3.86. The average molecular weight is 324 g/mol. The van der Waals surface area contributed by atoms with Crippen LogP contribution in [0.3, 0.4) is 0 Å². The fraction of sp³-hybridized carbons (Fsp3) is 0.167. The second-order valence-electron chi connectivity index (χ2n) is 4.19. The van der Waals surface area contributed by atoms with Gasteiger partial charge in [0.25, 0.3) is 0 Å². The molecule has 0 spiro atoms. The predicted octanol–water partition coefficient (Wildman–Crippen LogP) is 3.03. The maximum absolute atomic E-state index is 13.4. The maximum Gasteiger partial charge on any atom is 0.417 e. The summed E-state index contributed by atoms with van der Waals surface area (Å²) >= 11 is 0. The molecule has 0 bridgehead atoms. The third-order valence-electron chi connectivity index (χ3n) is 2.74. The number of nitrogens with zero attached hydrogens (tertiary/aromatic N) is 1. The van der Waals surface area contributed by atoms with E-state index in [0.717, 1.165) is 12.1 Å². The zero-order valence-corrected chi connectivity index (χ0v) is 10.4. The van der Waals surface area contributed by atoms with Crippen molar-refractivity contribution in [1.29, 1.82) is 0 Å². The van der Waals surface area contributed by atoms with Crippen LogP contribution in [0.25, 0.3) is 10.9 Å². The minimum absolute atomic E-state index is 0.319. The first-order valence-corrected chi connectivity index (χ1v) is 5.63. The Labute approximate surface area is 117 Å². The van der Waals surface area contributed by atoms with Crippen LogP contribution in [0.15, 0.2) is 29.1 Å². The molecule has 0 aliphatic carbocycles. The molecular weight excluding hydrogens is 318 g/mol. The van der Waals surface area contributed by atoms with Gasteiger partial charge < -0.3 is 4.98 Å². The molecule has 2 rings (SSSR count). The van der Waals surface area contributed by atoms with E-state index in [2.05, 4.69) is 0 Å². The molecule has 0 saturated carbocycles. The van der Waals surface area contributed by atoms with Crippen LogP contribution in [0, 0.1) is 0 Å². The van der Waals surface area contributed by atoms with Gasteiger partial charge in [-0.25, -0.2) is 0 Å². The summed E-state index contributed by atoms with van der Waals surface area (Å²) in [5, 5.41) is -1.36. The van der Waals surface area contributed by atoms with Crippen molar-refractivity contribution < 1.29 is 31.2 Å². The van der Waals surface area contributed by atoms with E-state index in [9.17, 15) is 36.0 Å². The van der Waals surface area contributed by atoms with Crippen molar-refractivity contribution in [3.63, 3.8) is 0 Å². The Balaban J connectivity index is 2.62. The minimum atomic E-state index is -4.83. The molecule has 0 saturated heterocycles. The van der Waals surface area contributed by atoms with E-state index in [1.54, 1.807) is 0 Å². The predicted molar refractivity (Wildman–Crippen MR) is 64.2 cm³/mol. The first-order chi connectivity index (χ1) is 10.1. The van der Waals surface area contributed by atoms with Crippen LogP contribution in [-0.2, 0) is 11.0 Å². The number of carbonyl (C=O) groups excluding carboxylic acids is 1. The normalized spacial score (nSPS) is 12.0. The molecule has 0 radical (unpaired) electrons. The van der Waals surface area contributed by atoms with Crippen molar-refractivity contribution in [2.45, 2.75) is 12.6 Å². The molecule has 0 aliphatic heterocycles. The van der Waals surface area contributed by atoms with Gasteiger partial charge in [0.05, 0.1) is 16.8 Å². The molecule has 1 N–H and O–H groups in total. The summed E-state index contributed by atoms with van der Waals surface area (Å²) in [4.78, 5) is 24.1. The number of rotatable bonds is 2. The third kappa shape index (κ3) is 2.90. The first kappa shape index (κ1) is 15.9. The summed E-state index contributed by atoms with van der Waals surface area (Å²) in [5.41, 5.74) is -3.54. The van der Waals surface area contributed by atoms with Crippen molar-refractivity contribution in [3.05, 3.63) is 40.2 Å². The smallest absolute Gasteiger partial charge is 0.322 e. The SMILES string of the molecule is O=C(C(F)F)N(F)c1ccc2c(C(F)(F)F)cc(=O)[nH]c2c1. The van der Waals surface area contributed by atoms with Gasteiger partial charge in [-0.15, -0.1) is 5.12 Å². The molecule has 22 heavy (non-hydrogen) atoms. The molecule has 10 heteroatoms. The number of pyridine rings is 1. The van der Waals surface area contributed by atoms with Crippen LogP contribution in [0.5, 0.6) is 0 Å². The highest BCUT2D eigenvalue weighted by Gasteiger charge is 2.33. The van der Waals surface area contributed by atoms with E-state index in [-0.39, 0.29) is 0 Å². The van der Waals surface area contributed by atoms with Crippen LogP contribution >= 0.6 is 0 Å². The molecular formula is C12H6F6N2O2. The molecule has 2 aromatic rings. The van der Waals surface area contributed by atoms with Gasteiger partial charge in [-0.05, 0) is 12.1 Å². The number of anilines is 1. The summed E-state index contributed by atoms with van der Waals surface area (Å²) in [6, 6.07) is 2.47. The quantitative estimate of drug-likeness (QED) is 0.682. The molecule has 0 unspecified atom stereocenters. The van der Waals surface area contributed by atoms with E-state index in [1.807, 2.05) is 4.98 Å². The highest BCUT2D eigenvalue weighted by molar-refractivity contribution is 5.96. The maximum atomic E-state index is 13.4. The minimum Gasteiger partial charge on any atom is -0.322 e.